The first-order valence-electron chi connectivity index (χ1n) is 3.92. The molecule has 0 saturated carbocycles. The van der Waals surface area contributed by atoms with Gasteiger partial charge >= 0.3 is 0 Å². The molecule has 0 saturated heterocycles. The molecule has 0 aliphatic carbocycles. The maximum absolute atomic E-state index is 13.2. The molecule has 1 aromatic carbocycles. The highest BCUT2D eigenvalue weighted by Gasteiger charge is 2.13. The third-order valence-corrected chi connectivity index (χ3v) is 1.91. The maximum atomic E-state index is 13.2. The Morgan fingerprint density at radius 2 is 2.08 bits per heavy atom. The predicted octanol–water partition coefficient (Wildman–Crippen LogP) is 2.65. The van der Waals surface area contributed by atoms with Crippen LogP contribution in [0.4, 0.5) is 8.78 Å². The molecular weight excluding hydrogens is 172 g/mol. The van der Waals surface area contributed by atoms with Gasteiger partial charge < -0.3 is 0 Å². The van der Waals surface area contributed by atoms with E-state index in [-0.39, 0.29) is 6.04 Å². The van der Waals surface area contributed by atoms with Crippen molar-refractivity contribution >= 4 is 6.21 Å². The summed E-state index contributed by atoms with van der Waals surface area (Å²) < 4.78 is 25.7. The number of hydrogen-bond donors (Lipinski definition) is 0. The lowest BCUT2D eigenvalue weighted by Crippen LogP contribution is -1.94. The molecule has 0 spiro atoms. The Morgan fingerprint density at radius 3 is 2.69 bits per heavy atom. The minimum Gasteiger partial charge on any atom is -0.281 e. The van der Waals surface area contributed by atoms with Gasteiger partial charge in [0.25, 0.3) is 0 Å². The molecule has 66 valence electrons. The van der Waals surface area contributed by atoms with E-state index < -0.39 is 11.6 Å². The van der Waals surface area contributed by atoms with Crippen LogP contribution in [0, 0.1) is 11.6 Å². The average molecular weight is 179 g/mol. The smallest absolute Gasteiger partial charge is 0.131 e. The number of nitrogens with zero attached hydrogens (tertiary/aromatic N) is 1. The molecule has 2 rings (SSSR count). The fraction of sp³-hybridized carbons (Fsp3) is 0.100. The number of aliphatic imine (C=N–C) groups is 1. The van der Waals surface area contributed by atoms with Crippen LogP contribution >= 0.6 is 0 Å². The van der Waals surface area contributed by atoms with Gasteiger partial charge in [0.05, 0.1) is 6.04 Å². The van der Waals surface area contributed by atoms with Gasteiger partial charge in [0.15, 0.2) is 0 Å². The minimum atomic E-state index is -0.563. The fourth-order valence-corrected chi connectivity index (χ4v) is 1.27. The van der Waals surface area contributed by atoms with Gasteiger partial charge in [-0.15, -0.1) is 0 Å². The van der Waals surface area contributed by atoms with Gasteiger partial charge in [0.2, 0.25) is 0 Å². The summed E-state index contributed by atoms with van der Waals surface area (Å²) in [5.74, 6) is -1.11. The molecule has 0 radical (unpaired) electrons. The average Bonchev–Trinajstić information content (AvgIpc) is 2.56. The van der Waals surface area contributed by atoms with Crippen molar-refractivity contribution in [2.24, 2.45) is 4.99 Å². The summed E-state index contributed by atoms with van der Waals surface area (Å²) in [6.07, 6.45) is 5.11. The molecule has 3 heteroatoms. The van der Waals surface area contributed by atoms with E-state index in [2.05, 4.69) is 4.99 Å². The van der Waals surface area contributed by atoms with Crippen LogP contribution in [-0.4, -0.2) is 6.21 Å². The highest BCUT2D eigenvalue weighted by atomic mass is 19.1. The summed E-state index contributed by atoms with van der Waals surface area (Å²) >= 11 is 0. The van der Waals surface area contributed by atoms with Gasteiger partial charge in [0, 0.05) is 17.8 Å². The highest BCUT2D eigenvalue weighted by molar-refractivity contribution is 5.74. The molecule has 1 aliphatic heterocycles. The number of benzene rings is 1. The second-order valence-electron chi connectivity index (χ2n) is 2.79. The third kappa shape index (κ3) is 1.49. The quantitative estimate of drug-likeness (QED) is 0.628. The van der Waals surface area contributed by atoms with Gasteiger partial charge in [0.1, 0.15) is 11.6 Å². The lowest BCUT2D eigenvalue weighted by Gasteiger charge is -2.05. The Hall–Kier alpha value is -1.51. The zero-order valence-electron chi connectivity index (χ0n) is 6.74. The van der Waals surface area contributed by atoms with Crippen molar-refractivity contribution in [1.29, 1.82) is 0 Å². The second kappa shape index (κ2) is 3.09. The van der Waals surface area contributed by atoms with E-state index >= 15 is 0 Å². The molecule has 1 atom stereocenters. The van der Waals surface area contributed by atoms with Crippen LogP contribution in [-0.2, 0) is 0 Å². The van der Waals surface area contributed by atoms with E-state index in [1.807, 2.05) is 0 Å². The minimum absolute atomic E-state index is 0.291. The van der Waals surface area contributed by atoms with Crippen LogP contribution in [0.3, 0.4) is 0 Å². The maximum Gasteiger partial charge on any atom is 0.131 e. The predicted molar refractivity (Wildman–Crippen MR) is 46.7 cm³/mol. The zero-order chi connectivity index (χ0) is 9.26. The summed E-state index contributed by atoms with van der Waals surface area (Å²) in [5, 5.41) is 0. The van der Waals surface area contributed by atoms with Gasteiger partial charge in [-0.3, -0.25) is 4.99 Å². The monoisotopic (exact) mass is 179 g/mol. The highest BCUT2D eigenvalue weighted by Crippen LogP contribution is 2.24. The molecule has 0 N–H and O–H groups in total. The molecule has 0 bridgehead atoms. The summed E-state index contributed by atoms with van der Waals surface area (Å²) in [4.78, 5) is 4.00. The molecule has 1 unspecified atom stereocenters. The number of hydrogen-bond acceptors (Lipinski definition) is 1. The Labute approximate surface area is 74.4 Å². The van der Waals surface area contributed by atoms with Crippen molar-refractivity contribution in [2.45, 2.75) is 6.04 Å². The van der Waals surface area contributed by atoms with Crippen molar-refractivity contribution in [3.05, 3.63) is 47.5 Å². The van der Waals surface area contributed by atoms with Crippen molar-refractivity contribution in [3.8, 4) is 0 Å². The molecular formula is C10H7F2N. The SMILES string of the molecule is Fc1ccc(C2C=CC=N2)c(F)c1. The first kappa shape index (κ1) is 8.10. The topological polar surface area (TPSA) is 12.4 Å². The molecule has 1 aliphatic rings. The molecule has 1 nitrogen and oxygen atoms in total. The molecule has 0 fully saturated rings. The second-order valence-corrected chi connectivity index (χ2v) is 2.79. The van der Waals surface area contributed by atoms with Gasteiger partial charge in [-0.2, -0.15) is 0 Å². The Bertz CT molecular complexity index is 371. The van der Waals surface area contributed by atoms with Crippen LogP contribution in [0.15, 0.2) is 35.3 Å². The Balaban J connectivity index is 2.40. The summed E-state index contributed by atoms with van der Waals surface area (Å²) in [6, 6.07) is 3.24. The number of allylic oxidation sites excluding steroid dienone is 1. The van der Waals surface area contributed by atoms with E-state index in [0.29, 0.717) is 5.56 Å². The van der Waals surface area contributed by atoms with Gasteiger partial charge in [-0.1, -0.05) is 12.1 Å². The van der Waals surface area contributed by atoms with E-state index in [0.717, 1.165) is 6.07 Å². The van der Waals surface area contributed by atoms with E-state index in [9.17, 15) is 8.78 Å². The van der Waals surface area contributed by atoms with Crippen LogP contribution in [0.2, 0.25) is 0 Å². The van der Waals surface area contributed by atoms with Crippen LogP contribution < -0.4 is 0 Å². The van der Waals surface area contributed by atoms with E-state index in [1.165, 1.54) is 12.1 Å². The van der Waals surface area contributed by atoms with E-state index in [1.54, 1.807) is 18.4 Å². The number of rotatable bonds is 1. The molecule has 1 heterocycles. The van der Waals surface area contributed by atoms with Crippen molar-refractivity contribution in [2.75, 3.05) is 0 Å². The van der Waals surface area contributed by atoms with Crippen LogP contribution in [0.5, 0.6) is 0 Å². The Morgan fingerprint density at radius 1 is 1.23 bits per heavy atom. The molecule has 0 aromatic heterocycles. The van der Waals surface area contributed by atoms with Crippen molar-refractivity contribution in [1.82, 2.24) is 0 Å². The lowest BCUT2D eigenvalue weighted by molar-refractivity contribution is 0.568. The van der Waals surface area contributed by atoms with Gasteiger partial charge in [-0.05, 0) is 12.1 Å². The van der Waals surface area contributed by atoms with Crippen LogP contribution in [0.25, 0.3) is 0 Å². The largest absolute Gasteiger partial charge is 0.281 e. The zero-order valence-corrected chi connectivity index (χ0v) is 6.74. The number of halogens is 2. The summed E-state index contributed by atoms with van der Waals surface area (Å²) in [5.41, 5.74) is 0.409. The van der Waals surface area contributed by atoms with E-state index in [4.69, 9.17) is 0 Å². The van der Waals surface area contributed by atoms with Gasteiger partial charge in [-0.25, -0.2) is 8.78 Å². The van der Waals surface area contributed by atoms with Crippen LogP contribution in [0.1, 0.15) is 11.6 Å². The normalized spacial score (nSPS) is 19.7. The standard InChI is InChI=1S/C10H7F2N/c11-7-3-4-8(9(12)6-7)10-2-1-5-13-10/h1-6,10H. The Kier molecular flexibility index (Phi) is 1.93. The first-order chi connectivity index (χ1) is 6.27. The molecule has 0 amide bonds. The molecule has 13 heavy (non-hydrogen) atoms. The first-order valence-corrected chi connectivity index (χ1v) is 3.92. The third-order valence-electron chi connectivity index (χ3n) is 1.91. The van der Waals surface area contributed by atoms with Crippen molar-refractivity contribution < 1.29 is 8.78 Å². The summed E-state index contributed by atoms with van der Waals surface area (Å²) in [7, 11) is 0. The summed E-state index contributed by atoms with van der Waals surface area (Å²) in [6.45, 7) is 0. The lowest BCUT2D eigenvalue weighted by atomic mass is 10.1. The fourth-order valence-electron chi connectivity index (χ4n) is 1.27. The molecule has 1 aromatic rings. The van der Waals surface area contributed by atoms with Crippen molar-refractivity contribution in [3.63, 3.8) is 0 Å².